The van der Waals surface area contributed by atoms with Crippen LogP contribution in [0.4, 0.5) is 0 Å². The van der Waals surface area contributed by atoms with E-state index in [1.54, 1.807) is 0 Å². The number of aliphatic hydroxyl groups excluding tert-OH is 3. The van der Waals surface area contributed by atoms with Gasteiger partial charge in [-0.2, -0.15) is 0 Å². The van der Waals surface area contributed by atoms with Gasteiger partial charge in [-0.3, -0.25) is 4.52 Å². The van der Waals surface area contributed by atoms with Crippen LogP contribution in [0.1, 0.15) is 13.3 Å². The van der Waals surface area contributed by atoms with E-state index in [0.717, 1.165) is 0 Å². The topological polar surface area (TPSA) is 224 Å². The van der Waals surface area contributed by atoms with Gasteiger partial charge in [-0.1, -0.05) is 0 Å². The third-order valence-electron chi connectivity index (χ3n) is 2.77. The predicted octanol–water partition coefficient (Wildman–Crippen LogP) is -1.55. The molecule has 0 aromatic rings. The van der Waals surface area contributed by atoms with E-state index in [9.17, 15) is 19.6 Å². The first-order valence-electron chi connectivity index (χ1n) is 5.51. The summed E-state index contributed by atoms with van der Waals surface area (Å²) in [4.78, 5) is 28.6. The molecule has 1 saturated heterocycles. The maximum Gasteiger partial charge on any atom is 0.471 e. The number of hydrogen-bond donors (Lipinski definition) is 7. The fourth-order valence-corrected chi connectivity index (χ4v) is 2.40. The van der Waals surface area contributed by atoms with Gasteiger partial charge in [0.05, 0.1) is 12.7 Å². The number of phosphoric ester groups is 1. The standard InChI is InChI=1S/C9H17O9P.2H3N/c1-4(11)2-5-7(12)8(13)6(3-10)17-9(5)18-19(14,15)16;;/h5-10,12-13H,2-3H2,1H3,(H2,14,15,16);2*1H3/t5-,6-,7-,8-,9-;;/m1../s1. The Labute approximate surface area is 121 Å². The van der Waals surface area contributed by atoms with Gasteiger partial charge in [0.1, 0.15) is 18.0 Å². The van der Waals surface area contributed by atoms with Crippen LogP contribution in [0.3, 0.4) is 0 Å². The van der Waals surface area contributed by atoms with E-state index in [0.29, 0.717) is 0 Å². The van der Waals surface area contributed by atoms with Crippen LogP contribution in [0.15, 0.2) is 0 Å². The van der Waals surface area contributed by atoms with E-state index < -0.39 is 44.9 Å². The fraction of sp³-hybridized carbons (Fsp3) is 0.889. The highest BCUT2D eigenvalue weighted by molar-refractivity contribution is 7.46. The molecule has 1 heterocycles. The highest BCUT2D eigenvalue weighted by atomic mass is 31.2. The first-order chi connectivity index (χ1) is 8.65. The molecular formula is C9H23N2O9P. The van der Waals surface area contributed by atoms with Gasteiger partial charge in [-0.15, -0.1) is 0 Å². The van der Waals surface area contributed by atoms with Crippen molar-refractivity contribution < 1.29 is 43.7 Å². The Morgan fingerprint density at radius 2 is 1.76 bits per heavy atom. The largest absolute Gasteiger partial charge is 0.471 e. The third kappa shape index (κ3) is 6.45. The molecule has 1 fully saturated rings. The van der Waals surface area contributed by atoms with Crippen LogP contribution < -0.4 is 12.3 Å². The van der Waals surface area contributed by atoms with Crippen LogP contribution in [-0.2, 0) is 18.6 Å². The summed E-state index contributed by atoms with van der Waals surface area (Å²) in [5.74, 6) is -1.51. The van der Waals surface area contributed by atoms with Crippen LogP contribution in [-0.4, -0.2) is 62.1 Å². The number of phosphoric acid groups is 1. The second-order valence-corrected chi connectivity index (χ2v) is 5.56. The molecule has 11 nitrogen and oxygen atoms in total. The minimum absolute atomic E-state index is 0. The van der Waals surface area contributed by atoms with Crippen LogP contribution in [0.5, 0.6) is 0 Å². The Balaban J connectivity index is 0. The lowest BCUT2D eigenvalue weighted by molar-refractivity contribution is -0.263. The van der Waals surface area contributed by atoms with Crippen molar-refractivity contribution in [3.05, 3.63) is 0 Å². The Bertz CT molecular complexity index is 376. The Hall–Kier alpha value is -0.460. The van der Waals surface area contributed by atoms with Gasteiger partial charge < -0.3 is 46.9 Å². The van der Waals surface area contributed by atoms with Gasteiger partial charge in [-0.05, 0) is 6.92 Å². The van der Waals surface area contributed by atoms with E-state index in [1.165, 1.54) is 6.92 Å². The quantitative estimate of drug-likeness (QED) is 0.285. The molecule has 12 heteroatoms. The second kappa shape index (κ2) is 8.86. The molecule has 0 aromatic carbocycles. The smallest absolute Gasteiger partial charge is 0.394 e. The maximum atomic E-state index is 11.1. The molecule has 5 atom stereocenters. The van der Waals surface area contributed by atoms with Gasteiger partial charge in [-0.25, -0.2) is 4.57 Å². The molecule has 1 aliphatic heterocycles. The van der Waals surface area contributed by atoms with Crippen molar-refractivity contribution in [2.45, 2.75) is 37.9 Å². The number of carbonyl (C=O) groups excluding carboxylic acids is 1. The summed E-state index contributed by atoms with van der Waals surface area (Å²) in [5.41, 5.74) is 0. The summed E-state index contributed by atoms with van der Waals surface area (Å²) < 4.78 is 20.1. The molecule has 0 aromatic heterocycles. The van der Waals surface area contributed by atoms with Gasteiger partial charge in [0, 0.05) is 12.3 Å². The van der Waals surface area contributed by atoms with E-state index in [4.69, 9.17) is 19.6 Å². The highest BCUT2D eigenvalue weighted by Crippen LogP contribution is 2.42. The zero-order chi connectivity index (χ0) is 14.8. The zero-order valence-corrected chi connectivity index (χ0v) is 12.4. The van der Waals surface area contributed by atoms with Gasteiger partial charge >= 0.3 is 7.82 Å². The predicted molar refractivity (Wildman–Crippen MR) is 69.7 cm³/mol. The molecule has 11 N–H and O–H groups in total. The maximum absolute atomic E-state index is 11.1. The molecule has 0 spiro atoms. The van der Waals surface area contributed by atoms with Gasteiger partial charge in [0.25, 0.3) is 0 Å². The molecule has 0 saturated carbocycles. The average molecular weight is 334 g/mol. The van der Waals surface area contributed by atoms with E-state index >= 15 is 0 Å². The van der Waals surface area contributed by atoms with Crippen molar-refractivity contribution in [1.29, 1.82) is 0 Å². The van der Waals surface area contributed by atoms with Crippen molar-refractivity contribution in [3.8, 4) is 0 Å². The summed E-state index contributed by atoms with van der Waals surface area (Å²) in [6.45, 7) is 0.539. The molecule has 1 rings (SSSR count). The van der Waals surface area contributed by atoms with E-state index in [2.05, 4.69) is 4.52 Å². The van der Waals surface area contributed by atoms with Crippen molar-refractivity contribution >= 4 is 13.6 Å². The summed E-state index contributed by atoms with van der Waals surface area (Å²) in [6, 6.07) is 0. The average Bonchev–Trinajstić information content (AvgIpc) is 2.26. The molecule has 0 bridgehead atoms. The van der Waals surface area contributed by atoms with Crippen molar-refractivity contribution in [2.75, 3.05) is 6.61 Å². The molecule has 21 heavy (non-hydrogen) atoms. The monoisotopic (exact) mass is 334 g/mol. The SMILES string of the molecule is CC(=O)C[C@H]1[C@@H](OP(=O)(O)O)O[C@H](CO)[C@@H](O)[C@@H]1O.N.N. The Morgan fingerprint density at radius 1 is 1.24 bits per heavy atom. The first kappa shape index (κ1) is 22.8. The lowest BCUT2D eigenvalue weighted by Crippen LogP contribution is -2.56. The number of ketones is 1. The van der Waals surface area contributed by atoms with Crippen LogP contribution in [0.2, 0.25) is 0 Å². The molecular weight excluding hydrogens is 311 g/mol. The van der Waals surface area contributed by atoms with E-state index in [1.807, 2.05) is 0 Å². The minimum atomic E-state index is -4.91. The summed E-state index contributed by atoms with van der Waals surface area (Å²) in [6.07, 6.45) is -6.13. The van der Waals surface area contributed by atoms with Crippen LogP contribution in [0.25, 0.3) is 0 Å². The molecule has 128 valence electrons. The van der Waals surface area contributed by atoms with E-state index in [-0.39, 0.29) is 24.5 Å². The highest BCUT2D eigenvalue weighted by Gasteiger charge is 2.47. The third-order valence-corrected chi connectivity index (χ3v) is 3.25. The number of rotatable bonds is 5. The first-order valence-corrected chi connectivity index (χ1v) is 7.04. The molecule has 0 unspecified atom stereocenters. The summed E-state index contributed by atoms with van der Waals surface area (Å²) in [7, 11) is -4.91. The molecule has 0 aliphatic carbocycles. The van der Waals surface area contributed by atoms with Gasteiger partial charge in [0.2, 0.25) is 0 Å². The zero-order valence-electron chi connectivity index (χ0n) is 11.5. The Morgan fingerprint density at radius 3 is 2.14 bits per heavy atom. The lowest BCUT2D eigenvalue weighted by Gasteiger charge is -2.41. The van der Waals surface area contributed by atoms with Crippen LogP contribution in [0, 0.1) is 5.92 Å². The Kier molecular flexibility index (Phi) is 9.62. The molecule has 1 aliphatic rings. The summed E-state index contributed by atoms with van der Waals surface area (Å²) in [5, 5.41) is 28.4. The number of hydrogen-bond acceptors (Lipinski definition) is 9. The number of carbonyl (C=O) groups is 1. The van der Waals surface area contributed by atoms with Gasteiger partial charge in [0.15, 0.2) is 6.29 Å². The number of Topliss-reactive ketones (excluding diaryl/α,β-unsaturated/α-hetero) is 1. The fourth-order valence-electron chi connectivity index (χ4n) is 1.93. The van der Waals surface area contributed by atoms with Crippen molar-refractivity contribution in [1.82, 2.24) is 12.3 Å². The van der Waals surface area contributed by atoms with Crippen molar-refractivity contribution in [3.63, 3.8) is 0 Å². The molecule has 0 radical (unpaired) electrons. The minimum Gasteiger partial charge on any atom is -0.394 e. The number of ether oxygens (including phenoxy) is 1. The lowest BCUT2D eigenvalue weighted by atomic mass is 9.87. The summed E-state index contributed by atoms with van der Waals surface area (Å²) >= 11 is 0. The van der Waals surface area contributed by atoms with Crippen LogP contribution >= 0.6 is 7.82 Å². The van der Waals surface area contributed by atoms with Crippen molar-refractivity contribution in [2.24, 2.45) is 5.92 Å². The molecule has 0 amide bonds. The number of aliphatic hydroxyl groups is 3. The normalized spacial score (nSPS) is 32.8. The second-order valence-electron chi connectivity index (χ2n) is 4.37.